The first-order valence-electron chi connectivity index (χ1n) is 10.2. The molecule has 1 heterocycles. The van der Waals surface area contributed by atoms with E-state index in [2.05, 4.69) is 26.1 Å². The summed E-state index contributed by atoms with van der Waals surface area (Å²) in [4.78, 5) is 26.4. The quantitative estimate of drug-likeness (QED) is 0.505. The molecule has 4 nitrogen and oxygen atoms in total. The Bertz CT molecular complexity index is 906. The third-order valence-corrected chi connectivity index (χ3v) is 6.60. The van der Waals surface area contributed by atoms with Crippen LogP contribution in [0.4, 0.5) is 5.00 Å². The molecular formula is C24H29NO3S. The van der Waals surface area contributed by atoms with E-state index in [9.17, 15) is 9.59 Å². The van der Waals surface area contributed by atoms with Gasteiger partial charge in [-0.15, -0.1) is 11.3 Å². The van der Waals surface area contributed by atoms with Crippen molar-refractivity contribution in [2.75, 3.05) is 11.9 Å². The van der Waals surface area contributed by atoms with Crippen LogP contribution in [0.2, 0.25) is 0 Å². The van der Waals surface area contributed by atoms with Crippen LogP contribution < -0.4 is 5.32 Å². The van der Waals surface area contributed by atoms with Gasteiger partial charge in [0, 0.05) is 11.0 Å². The Morgan fingerprint density at radius 1 is 1.24 bits per heavy atom. The summed E-state index contributed by atoms with van der Waals surface area (Å²) in [6.07, 6.45) is 6.09. The number of esters is 1. The van der Waals surface area contributed by atoms with Gasteiger partial charge < -0.3 is 10.1 Å². The zero-order valence-electron chi connectivity index (χ0n) is 17.6. The largest absolute Gasteiger partial charge is 0.462 e. The van der Waals surface area contributed by atoms with Gasteiger partial charge in [0.2, 0.25) is 5.91 Å². The minimum Gasteiger partial charge on any atom is -0.462 e. The molecule has 29 heavy (non-hydrogen) atoms. The lowest BCUT2D eigenvalue weighted by Crippen LogP contribution is -2.26. The normalized spacial score (nSPS) is 16.5. The lowest BCUT2D eigenvalue weighted by atomic mass is 9.72. The fraction of sp³-hybridized carbons (Fsp3) is 0.417. The van der Waals surface area contributed by atoms with E-state index in [0.717, 1.165) is 30.4 Å². The number of amides is 1. The van der Waals surface area contributed by atoms with Crippen molar-refractivity contribution in [3.63, 3.8) is 0 Å². The molecule has 0 spiro atoms. The summed E-state index contributed by atoms with van der Waals surface area (Å²) in [5.74, 6) is -0.0304. The number of ether oxygens (including phenoxy) is 1. The van der Waals surface area contributed by atoms with Gasteiger partial charge in [0.15, 0.2) is 0 Å². The SMILES string of the molecule is CCOC(=O)c1c(NC(=O)C=Cc2ccccc2)sc2c1CCC(C(C)(C)C)C2. The maximum absolute atomic E-state index is 12.7. The number of thiophene rings is 1. The van der Waals surface area contributed by atoms with Crippen molar-refractivity contribution < 1.29 is 14.3 Å². The molecule has 0 saturated carbocycles. The summed E-state index contributed by atoms with van der Waals surface area (Å²) < 4.78 is 5.30. The highest BCUT2D eigenvalue weighted by Crippen LogP contribution is 2.44. The topological polar surface area (TPSA) is 55.4 Å². The van der Waals surface area contributed by atoms with Gasteiger partial charge in [0.25, 0.3) is 0 Å². The molecule has 1 aliphatic rings. The van der Waals surface area contributed by atoms with Crippen LogP contribution >= 0.6 is 11.3 Å². The molecule has 1 aromatic heterocycles. The standard InChI is InChI=1S/C24H29NO3S/c1-5-28-23(27)21-18-13-12-17(24(2,3)4)15-19(18)29-22(21)25-20(26)14-11-16-9-7-6-8-10-16/h6-11,14,17H,5,12-13,15H2,1-4H3,(H,25,26). The number of fused-ring (bicyclic) bond motifs is 1. The number of benzene rings is 1. The molecule has 1 N–H and O–H groups in total. The Labute approximate surface area is 177 Å². The molecular weight excluding hydrogens is 382 g/mol. The van der Waals surface area contributed by atoms with E-state index in [4.69, 9.17) is 4.74 Å². The molecule has 1 atom stereocenters. The average molecular weight is 412 g/mol. The second-order valence-electron chi connectivity index (χ2n) is 8.47. The zero-order chi connectivity index (χ0) is 21.0. The maximum atomic E-state index is 12.7. The van der Waals surface area contributed by atoms with Crippen LogP contribution in [0, 0.1) is 11.3 Å². The fourth-order valence-corrected chi connectivity index (χ4v) is 5.04. The third kappa shape index (κ3) is 5.15. The Kier molecular flexibility index (Phi) is 6.58. The first kappa shape index (κ1) is 21.3. The van der Waals surface area contributed by atoms with Crippen LogP contribution in [0.25, 0.3) is 6.08 Å². The van der Waals surface area contributed by atoms with Crippen molar-refractivity contribution in [2.45, 2.75) is 47.0 Å². The second kappa shape index (κ2) is 8.95. The van der Waals surface area contributed by atoms with Gasteiger partial charge >= 0.3 is 5.97 Å². The van der Waals surface area contributed by atoms with Crippen LogP contribution in [0.1, 0.15) is 60.5 Å². The zero-order valence-corrected chi connectivity index (χ0v) is 18.4. The molecule has 1 aliphatic carbocycles. The molecule has 5 heteroatoms. The molecule has 1 amide bonds. The molecule has 0 saturated heterocycles. The molecule has 1 aromatic carbocycles. The highest BCUT2D eigenvalue weighted by atomic mass is 32.1. The average Bonchev–Trinajstić information content (AvgIpc) is 3.03. The maximum Gasteiger partial charge on any atom is 0.341 e. The summed E-state index contributed by atoms with van der Waals surface area (Å²) in [7, 11) is 0. The van der Waals surface area contributed by atoms with E-state index in [1.54, 1.807) is 13.0 Å². The van der Waals surface area contributed by atoms with Gasteiger partial charge in [0.1, 0.15) is 5.00 Å². The van der Waals surface area contributed by atoms with E-state index in [1.165, 1.54) is 22.3 Å². The van der Waals surface area contributed by atoms with Crippen molar-refractivity contribution in [3.8, 4) is 0 Å². The third-order valence-electron chi connectivity index (χ3n) is 5.43. The predicted octanol–water partition coefficient (Wildman–Crippen LogP) is 5.73. The molecule has 0 aliphatic heterocycles. The summed E-state index contributed by atoms with van der Waals surface area (Å²) in [6, 6.07) is 9.66. The van der Waals surface area contributed by atoms with Gasteiger partial charge in [-0.05, 0) is 54.7 Å². The van der Waals surface area contributed by atoms with Crippen molar-refractivity contribution in [1.82, 2.24) is 0 Å². The van der Waals surface area contributed by atoms with E-state index < -0.39 is 0 Å². The number of nitrogens with one attached hydrogen (secondary N) is 1. The highest BCUT2D eigenvalue weighted by molar-refractivity contribution is 7.17. The monoisotopic (exact) mass is 411 g/mol. The molecule has 154 valence electrons. The Hall–Kier alpha value is -2.40. The number of carbonyl (C=O) groups is 2. The smallest absolute Gasteiger partial charge is 0.341 e. The van der Waals surface area contributed by atoms with Gasteiger partial charge in [-0.2, -0.15) is 0 Å². The van der Waals surface area contributed by atoms with E-state index in [0.29, 0.717) is 23.1 Å². The summed E-state index contributed by atoms with van der Waals surface area (Å²) in [5.41, 5.74) is 2.76. The summed E-state index contributed by atoms with van der Waals surface area (Å²) in [5, 5.41) is 3.53. The van der Waals surface area contributed by atoms with Gasteiger partial charge in [-0.25, -0.2) is 4.79 Å². The van der Waals surface area contributed by atoms with E-state index >= 15 is 0 Å². The van der Waals surface area contributed by atoms with Gasteiger partial charge in [-0.3, -0.25) is 4.79 Å². The Morgan fingerprint density at radius 2 is 1.97 bits per heavy atom. The number of hydrogen-bond donors (Lipinski definition) is 1. The molecule has 1 unspecified atom stereocenters. The number of rotatable bonds is 5. The van der Waals surface area contributed by atoms with E-state index in [-0.39, 0.29) is 17.3 Å². The van der Waals surface area contributed by atoms with E-state index in [1.807, 2.05) is 30.3 Å². The molecule has 0 fully saturated rings. The van der Waals surface area contributed by atoms with Gasteiger partial charge in [-0.1, -0.05) is 51.1 Å². The number of anilines is 1. The summed E-state index contributed by atoms with van der Waals surface area (Å²) in [6.45, 7) is 8.90. The Morgan fingerprint density at radius 3 is 2.62 bits per heavy atom. The van der Waals surface area contributed by atoms with Crippen LogP contribution in [0.15, 0.2) is 36.4 Å². The lowest BCUT2D eigenvalue weighted by Gasteiger charge is -2.33. The van der Waals surface area contributed by atoms with Crippen molar-refractivity contribution in [2.24, 2.45) is 11.3 Å². The van der Waals surface area contributed by atoms with Crippen LogP contribution in [0.5, 0.6) is 0 Å². The number of hydrogen-bond acceptors (Lipinski definition) is 4. The van der Waals surface area contributed by atoms with Crippen LogP contribution in [-0.2, 0) is 22.4 Å². The second-order valence-corrected chi connectivity index (χ2v) is 9.57. The minimum absolute atomic E-state index is 0.216. The molecule has 3 rings (SSSR count). The van der Waals surface area contributed by atoms with Crippen LogP contribution in [-0.4, -0.2) is 18.5 Å². The fourth-order valence-electron chi connectivity index (χ4n) is 3.72. The summed E-state index contributed by atoms with van der Waals surface area (Å²) >= 11 is 1.52. The minimum atomic E-state index is -0.346. The number of carbonyl (C=O) groups excluding carboxylic acids is 2. The van der Waals surface area contributed by atoms with Crippen molar-refractivity contribution >= 4 is 34.3 Å². The molecule has 0 bridgehead atoms. The lowest BCUT2D eigenvalue weighted by molar-refractivity contribution is -0.111. The molecule has 2 aromatic rings. The van der Waals surface area contributed by atoms with Crippen LogP contribution in [0.3, 0.4) is 0 Å². The predicted molar refractivity (Wildman–Crippen MR) is 119 cm³/mol. The Balaban J connectivity index is 1.85. The van der Waals surface area contributed by atoms with Crippen molar-refractivity contribution in [1.29, 1.82) is 0 Å². The molecule has 0 radical (unpaired) electrons. The highest BCUT2D eigenvalue weighted by Gasteiger charge is 2.34. The first-order valence-corrected chi connectivity index (χ1v) is 11.0. The van der Waals surface area contributed by atoms with Gasteiger partial charge in [0.05, 0.1) is 12.2 Å². The van der Waals surface area contributed by atoms with Crippen molar-refractivity contribution in [3.05, 3.63) is 58.0 Å². The first-order chi connectivity index (χ1) is 13.8.